The molecule has 0 amide bonds. The predicted molar refractivity (Wildman–Crippen MR) is 70.5 cm³/mol. The van der Waals surface area contributed by atoms with Crippen LogP contribution in [0, 0.1) is 6.92 Å². The summed E-state index contributed by atoms with van der Waals surface area (Å²) in [7, 11) is 2.75. The minimum atomic E-state index is -1.27. The van der Waals surface area contributed by atoms with Crippen LogP contribution in [0.2, 0.25) is 0 Å². The minimum Gasteiger partial charge on any atom is -0.496 e. The van der Waals surface area contributed by atoms with Gasteiger partial charge in [0.25, 0.3) is 0 Å². The molecule has 0 saturated heterocycles. The van der Waals surface area contributed by atoms with Crippen LogP contribution in [0.3, 0.4) is 0 Å². The van der Waals surface area contributed by atoms with E-state index in [1.54, 1.807) is 6.07 Å². The van der Waals surface area contributed by atoms with E-state index in [0.717, 1.165) is 5.56 Å². The number of hydrogen-bond acceptors (Lipinski definition) is 5. The molecule has 1 aromatic rings. The molecule has 2 N–H and O–H groups in total. The first-order chi connectivity index (χ1) is 8.84. The van der Waals surface area contributed by atoms with E-state index in [1.165, 1.54) is 21.1 Å². The molecule has 0 spiro atoms. The van der Waals surface area contributed by atoms with Gasteiger partial charge >= 0.3 is 5.97 Å². The van der Waals surface area contributed by atoms with Gasteiger partial charge in [-0.3, -0.25) is 0 Å². The van der Waals surface area contributed by atoms with Crippen molar-refractivity contribution in [3.63, 3.8) is 0 Å². The van der Waals surface area contributed by atoms with Gasteiger partial charge < -0.3 is 19.7 Å². The molecule has 1 aromatic carbocycles. The molecule has 0 bridgehead atoms. The maximum atomic E-state index is 11.7. The van der Waals surface area contributed by atoms with E-state index >= 15 is 0 Å². The number of carbonyl (C=O) groups excluding carboxylic acids is 1. The molecule has 0 aromatic heterocycles. The normalized spacial score (nSPS) is 13.8. The maximum Gasteiger partial charge on any atom is 0.341 e. The Kier molecular flexibility index (Phi) is 4.91. The van der Waals surface area contributed by atoms with E-state index in [-0.39, 0.29) is 13.0 Å². The third-order valence-corrected chi connectivity index (χ3v) is 2.83. The smallest absolute Gasteiger partial charge is 0.341 e. The minimum absolute atomic E-state index is 0.179. The summed E-state index contributed by atoms with van der Waals surface area (Å²) in [5, 5.41) is 19.1. The van der Waals surface area contributed by atoms with Gasteiger partial charge in [0.2, 0.25) is 0 Å². The van der Waals surface area contributed by atoms with E-state index in [4.69, 9.17) is 14.6 Å². The van der Waals surface area contributed by atoms with E-state index in [1.807, 2.05) is 13.0 Å². The topological polar surface area (TPSA) is 76.0 Å². The summed E-state index contributed by atoms with van der Waals surface area (Å²) in [4.78, 5) is 11.7. The zero-order valence-corrected chi connectivity index (χ0v) is 11.7. The molecular weight excluding hydrogens is 248 g/mol. The molecule has 19 heavy (non-hydrogen) atoms. The van der Waals surface area contributed by atoms with Crippen molar-refractivity contribution < 1.29 is 24.5 Å². The second-order valence-corrected chi connectivity index (χ2v) is 4.83. The zero-order chi connectivity index (χ0) is 14.6. The number of rotatable bonds is 5. The lowest BCUT2D eigenvalue weighted by Crippen LogP contribution is -2.32. The number of carbonyl (C=O) groups is 1. The fraction of sp³-hybridized carbons (Fsp3) is 0.500. The molecule has 1 unspecified atom stereocenters. The van der Waals surface area contributed by atoms with Crippen LogP contribution in [-0.4, -0.2) is 42.6 Å². The van der Waals surface area contributed by atoms with Crippen LogP contribution >= 0.6 is 0 Å². The summed E-state index contributed by atoms with van der Waals surface area (Å²) in [6, 6.07) is 3.48. The molecule has 5 heteroatoms. The van der Waals surface area contributed by atoms with E-state index in [0.29, 0.717) is 16.9 Å². The highest BCUT2D eigenvalue weighted by Crippen LogP contribution is 2.29. The van der Waals surface area contributed by atoms with Crippen molar-refractivity contribution >= 4 is 5.97 Å². The number of methoxy groups -OCH3 is 2. The Labute approximate surface area is 112 Å². The Hall–Kier alpha value is -1.59. The van der Waals surface area contributed by atoms with Crippen molar-refractivity contribution in [2.45, 2.75) is 25.9 Å². The molecule has 0 aliphatic rings. The highest BCUT2D eigenvalue weighted by Gasteiger charge is 2.25. The number of aryl methyl sites for hydroxylation is 1. The maximum absolute atomic E-state index is 11.7. The fourth-order valence-electron chi connectivity index (χ4n) is 1.95. The molecule has 0 fully saturated rings. The Balaban J connectivity index is 3.31. The van der Waals surface area contributed by atoms with Crippen molar-refractivity contribution in [1.82, 2.24) is 0 Å². The van der Waals surface area contributed by atoms with Gasteiger partial charge in [0, 0.05) is 6.42 Å². The molecule has 0 aliphatic heterocycles. The van der Waals surface area contributed by atoms with Crippen LogP contribution in [-0.2, 0) is 11.2 Å². The van der Waals surface area contributed by atoms with Crippen molar-refractivity contribution in [2.75, 3.05) is 20.8 Å². The van der Waals surface area contributed by atoms with Gasteiger partial charge in [0.05, 0.1) is 26.4 Å². The summed E-state index contributed by atoms with van der Waals surface area (Å²) < 4.78 is 9.97. The quantitative estimate of drug-likeness (QED) is 0.781. The summed E-state index contributed by atoms with van der Waals surface area (Å²) in [5.74, 6) is -0.128. The van der Waals surface area contributed by atoms with Crippen LogP contribution < -0.4 is 4.74 Å². The molecule has 106 valence electrons. The average Bonchev–Trinajstić information content (AvgIpc) is 2.36. The summed E-state index contributed by atoms with van der Waals surface area (Å²) in [6.07, 6.45) is 0.179. The molecule has 1 rings (SSSR count). The monoisotopic (exact) mass is 268 g/mol. The number of aliphatic hydroxyl groups excluding tert-OH is 1. The Morgan fingerprint density at radius 2 is 2.00 bits per heavy atom. The lowest BCUT2D eigenvalue weighted by Gasteiger charge is -2.22. The van der Waals surface area contributed by atoms with Crippen LogP contribution in [0.4, 0.5) is 0 Å². The van der Waals surface area contributed by atoms with Crippen LogP contribution in [0.15, 0.2) is 12.1 Å². The number of aliphatic hydroxyl groups is 2. The van der Waals surface area contributed by atoms with Gasteiger partial charge in [0.1, 0.15) is 11.3 Å². The second kappa shape index (κ2) is 6.04. The SMILES string of the molecule is COC(=O)c1cc(C)cc(CC(C)(O)CO)c1OC. The van der Waals surface area contributed by atoms with Crippen molar-refractivity contribution in [3.05, 3.63) is 28.8 Å². The van der Waals surface area contributed by atoms with Crippen molar-refractivity contribution in [2.24, 2.45) is 0 Å². The van der Waals surface area contributed by atoms with Gasteiger partial charge in [0.15, 0.2) is 0 Å². The van der Waals surface area contributed by atoms with Gasteiger partial charge in [-0.1, -0.05) is 6.07 Å². The number of benzene rings is 1. The van der Waals surface area contributed by atoms with Crippen molar-refractivity contribution in [1.29, 1.82) is 0 Å². The second-order valence-electron chi connectivity index (χ2n) is 4.83. The number of hydrogen-bond donors (Lipinski definition) is 2. The molecular formula is C14H20O5. The van der Waals surface area contributed by atoms with Gasteiger partial charge in [-0.05, 0) is 31.0 Å². The third kappa shape index (κ3) is 3.68. The molecule has 5 nitrogen and oxygen atoms in total. The van der Waals surface area contributed by atoms with Crippen LogP contribution in [0.25, 0.3) is 0 Å². The molecule has 0 radical (unpaired) electrons. The lowest BCUT2D eigenvalue weighted by molar-refractivity contribution is 0.00187. The van der Waals surface area contributed by atoms with E-state index < -0.39 is 11.6 Å². The first-order valence-electron chi connectivity index (χ1n) is 5.93. The molecule has 1 atom stereocenters. The first kappa shape index (κ1) is 15.5. The number of ether oxygens (including phenoxy) is 2. The summed E-state index contributed by atoms with van der Waals surface area (Å²) >= 11 is 0. The Morgan fingerprint density at radius 1 is 1.37 bits per heavy atom. The third-order valence-electron chi connectivity index (χ3n) is 2.83. The van der Waals surface area contributed by atoms with Crippen LogP contribution in [0.5, 0.6) is 5.75 Å². The van der Waals surface area contributed by atoms with E-state index in [9.17, 15) is 9.90 Å². The Morgan fingerprint density at radius 3 is 2.47 bits per heavy atom. The lowest BCUT2D eigenvalue weighted by atomic mass is 9.93. The van der Waals surface area contributed by atoms with Crippen LogP contribution in [0.1, 0.15) is 28.4 Å². The fourth-order valence-corrected chi connectivity index (χ4v) is 1.95. The molecule has 0 aliphatic carbocycles. The molecule has 0 saturated carbocycles. The first-order valence-corrected chi connectivity index (χ1v) is 5.93. The average molecular weight is 268 g/mol. The molecule has 0 heterocycles. The highest BCUT2D eigenvalue weighted by atomic mass is 16.5. The summed E-state index contributed by atoms with van der Waals surface area (Å²) in [6.45, 7) is 2.98. The van der Waals surface area contributed by atoms with Gasteiger partial charge in [-0.15, -0.1) is 0 Å². The van der Waals surface area contributed by atoms with E-state index in [2.05, 4.69) is 0 Å². The summed E-state index contributed by atoms with van der Waals surface area (Å²) in [5.41, 5.74) is 0.551. The predicted octanol–water partition coefficient (Wildman–Crippen LogP) is 1.08. The highest BCUT2D eigenvalue weighted by molar-refractivity contribution is 5.93. The largest absolute Gasteiger partial charge is 0.496 e. The van der Waals surface area contributed by atoms with Gasteiger partial charge in [-0.2, -0.15) is 0 Å². The standard InChI is InChI=1S/C14H20O5/c1-9-5-10(7-14(2,17)8-15)12(18-3)11(6-9)13(16)19-4/h5-6,15,17H,7-8H2,1-4H3. The number of esters is 1. The Bertz CT molecular complexity index is 465. The van der Waals surface area contributed by atoms with Crippen molar-refractivity contribution in [3.8, 4) is 5.75 Å². The zero-order valence-electron chi connectivity index (χ0n) is 11.7. The van der Waals surface area contributed by atoms with Gasteiger partial charge in [-0.25, -0.2) is 4.79 Å².